The highest BCUT2D eigenvalue weighted by molar-refractivity contribution is 7.15. The van der Waals surface area contributed by atoms with E-state index in [2.05, 4.69) is 20.3 Å². The molecule has 0 unspecified atom stereocenters. The number of anilines is 1. The van der Waals surface area contributed by atoms with Crippen LogP contribution in [-0.2, 0) is 24.2 Å². The largest absolute Gasteiger partial charge is 0.361 e. The molecule has 0 spiro atoms. The van der Waals surface area contributed by atoms with Crippen molar-refractivity contribution >= 4 is 22.4 Å². The second-order valence-electron chi connectivity index (χ2n) is 9.77. The average Bonchev–Trinajstić information content (AvgIpc) is 3.53. The number of amides is 1. The molecule has 2 aromatic heterocycles. The Hall–Kier alpha value is -1.93. The molecule has 4 heterocycles. The number of hydrogen-bond donors (Lipinski definition) is 1. The summed E-state index contributed by atoms with van der Waals surface area (Å²) in [6.07, 6.45) is 9.91. The van der Waals surface area contributed by atoms with Crippen LogP contribution in [0.15, 0.2) is 10.6 Å². The van der Waals surface area contributed by atoms with Crippen LogP contribution in [0.1, 0.15) is 67.0 Å². The number of fused-ring (bicyclic) bond motifs is 1. The standard InChI is InChI=1S/C24H35N5O2S/c1-17-14-20(31-27-17)15-23(30)25-19-6-4-18(5-7-19)8-12-28-13-9-22-21(16-28)26-24(32-22)29-10-2-3-11-29/h14,18-19H,2-13,15-16H2,1H3,(H,25,30). The van der Waals surface area contributed by atoms with Gasteiger partial charge in [0.25, 0.3) is 0 Å². The van der Waals surface area contributed by atoms with Crippen molar-refractivity contribution in [1.29, 1.82) is 0 Å². The fraction of sp³-hybridized carbons (Fsp3) is 0.708. The van der Waals surface area contributed by atoms with Gasteiger partial charge in [0.15, 0.2) is 5.13 Å². The van der Waals surface area contributed by atoms with Crippen LogP contribution in [-0.4, -0.2) is 53.2 Å². The first kappa shape index (κ1) is 21.9. The summed E-state index contributed by atoms with van der Waals surface area (Å²) in [6, 6.07) is 2.14. The third kappa shape index (κ3) is 5.34. The molecule has 2 fully saturated rings. The first-order chi connectivity index (χ1) is 15.6. The molecule has 0 bridgehead atoms. The quantitative estimate of drug-likeness (QED) is 0.683. The zero-order chi connectivity index (χ0) is 21.9. The first-order valence-corrected chi connectivity index (χ1v) is 13.1. The maximum Gasteiger partial charge on any atom is 0.227 e. The van der Waals surface area contributed by atoms with E-state index >= 15 is 0 Å². The molecular formula is C24H35N5O2S. The van der Waals surface area contributed by atoms with Gasteiger partial charge >= 0.3 is 0 Å². The van der Waals surface area contributed by atoms with Crippen molar-refractivity contribution in [2.24, 2.45) is 5.92 Å². The molecule has 2 aliphatic heterocycles. The fourth-order valence-corrected chi connectivity index (χ4v) is 6.48. The van der Waals surface area contributed by atoms with Gasteiger partial charge in [-0.3, -0.25) is 9.69 Å². The number of rotatable bonds is 7. The molecule has 0 atom stereocenters. The summed E-state index contributed by atoms with van der Waals surface area (Å²) in [5.41, 5.74) is 2.15. The van der Waals surface area contributed by atoms with Crippen LogP contribution in [0.5, 0.6) is 0 Å². The van der Waals surface area contributed by atoms with E-state index in [-0.39, 0.29) is 12.3 Å². The van der Waals surface area contributed by atoms with Gasteiger partial charge in [0.05, 0.1) is 17.8 Å². The predicted molar refractivity (Wildman–Crippen MR) is 126 cm³/mol. The normalized spacial score (nSPS) is 24.0. The van der Waals surface area contributed by atoms with Crippen molar-refractivity contribution in [1.82, 2.24) is 20.4 Å². The van der Waals surface area contributed by atoms with Gasteiger partial charge in [0.1, 0.15) is 5.76 Å². The molecule has 1 N–H and O–H groups in total. The van der Waals surface area contributed by atoms with Crippen LogP contribution in [0.2, 0.25) is 0 Å². The van der Waals surface area contributed by atoms with E-state index in [4.69, 9.17) is 9.51 Å². The zero-order valence-corrected chi connectivity index (χ0v) is 20.0. The zero-order valence-electron chi connectivity index (χ0n) is 19.1. The maximum absolute atomic E-state index is 12.3. The molecule has 0 aromatic carbocycles. The van der Waals surface area contributed by atoms with Gasteiger partial charge in [-0.2, -0.15) is 0 Å². The summed E-state index contributed by atoms with van der Waals surface area (Å²) in [5, 5.41) is 8.30. The van der Waals surface area contributed by atoms with Crippen molar-refractivity contribution in [3.63, 3.8) is 0 Å². The number of carbonyl (C=O) groups excluding carboxylic acids is 1. The van der Waals surface area contributed by atoms with Gasteiger partial charge < -0.3 is 14.7 Å². The molecule has 3 aliphatic rings. The number of aromatic nitrogens is 2. The molecule has 32 heavy (non-hydrogen) atoms. The highest BCUT2D eigenvalue weighted by Gasteiger charge is 2.26. The van der Waals surface area contributed by atoms with Crippen LogP contribution in [0.3, 0.4) is 0 Å². The van der Waals surface area contributed by atoms with Gasteiger partial charge in [-0.05, 0) is 70.8 Å². The summed E-state index contributed by atoms with van der Waals surface area (Å²) in [4.78, 5) is 23.9. The lowest BCUT2D eigenvalue weighted by Gasteiger charge is -2.32. The molecule has 1 amide bonds. The number of nitrogens with one attached hydrogen (secondary N) is 1. The summed E-state index contributed by atoms with van der Waals surface area (Å²) < 4.78 is 5.16. The molecule has 1 saturated carbocycles. The molecule has 1 aliphatic carbocycles. The van der Waals surface area contributed by atoms with E-state index in [9.17, 15) is 4.79 Å². The Morgan fingerprint density at radius 1 is 1.22 bits per heavy atom. The van der Waals surface area contributed by atoms with Gasteiger partial charge in [-0.15, -0.1) is 11.3 Å². The molecule has 8 heteroatoms. The van der Waals surface area contributed by atoms with E-state index in [1.54, 1.807) is 0 Å². The number of hydrogen-bond acceptors (Lipinski definition) is 7. The molecule has 7 nitrogen and oxygen atoms in total. The molecule has 1 saturated heterocycles. The first-order valence-electron chi connectivity index (χ1n) is 12.3. The summed E-state index contributed by atoms with van der Waals surface area (Å²) >= 11 is 1.93. The SMILES string of the molecule is Cc1cc(CC(=O)NC2CCC(CCN3CCc4sc(N5CCCC5)nc4C3)CC2)on1. The van der Waals surface area contributed by atoms with Crippen molar-refractivity contribution in [3.05, 3.63) is 28.1 Å². The van der Waals surface area contributed by atoms with Gasteiger partial charge in [-0.25, -0.2) is 4.98 Å². The lowest BCUT2D eigenvalue weighted by atomic mass is 9.84. The molecule has 174 valence electrons. The minimum absolute atomic E-state index is 0.0466. The number of aryl methyl sites for hydroxylation is 1. The van der Waals surface area contributed by atoms with Gasteiger partial charge in [0, 0.05) is 43.2 Å². The smallest absolute Gasteiger partial charge is 0.227 e. The van der Waals surface area contributed by atoms with E-state index < -0.39 is 0 Å². The third-order valence-electron chi connectivity index (χ3n) is 7.25. The molecule has 2 aromatic rings. The second-order valence-corrected chi connectivity index (χ2v) is 10.8. The lowest BCUT2D eigenvalue weighted by Crippen LogP contribution is -2.39. The monoisotopic (exact) mass is 457 g/mol. The number of thiazole rings is 1. The third-order valence-corrected chi connectivity index (χ3v) is 8.47. The van der Waals surface area contributed by atoms with E-state index in [1.807, 2.05) is 24.3 Å². The highest BCUT2D eigenvalue weighted by Crippen LogP contribution is 2.33. The van der Waals surface area contributed by atoms with Crippen molar-refractivity contribution in [3.8, 4) is 0 Å². The Balaban J connectivity index is 1.02. The Bertz CT molecular complexity index is 911. The molecule has 5 rings (SSSR count). The Labute approximate surface area is 194 Å². The number of nitrogens with zero attached hydrogens (tertiary/aromatic N) is 4. The molecular weight excluding hydrogens is 422 g/mol. The van der Waals surface area contributed by atoms with Gasteiger partial charge in [-0.1, -0.05) is 5.16 Å². The average molecular weight is 458 g/mol. The van der Waals surface area contributed by atoms with Crippen molar-refractivity contribution in [2.75, 3.05) is 31.1 Å². The lowest BCUT2D eigenvalue weighted by molar-refractivity contribution is -0.121. The fourth-order valence-electron chi connectivity index (χ4n) is 5.37. The second kappa shape index (κ2) is 9.91. The minimum atomic E-state index is 0.0466. The van der Waals surface area contributed by atoms with Crippen LogP contribution in [0.4, 0.5) is 5.13 Å². The van der Waals surface area contributed by atoms with E-state index in [1.165, 1.54) is 74.0 Å². The Morgan fingerprint density at radius 2 is 2.03 bits per heavy atom. The predicted octanol–water partition coefficient (Wildman–Crippen LogP) is 3.71. The number of carbonyl (C=O) groups is 1. The van der Waals surface area contributed by atoms with E-state index in [0.29, 0.717) is 11.8 Å². The van der Waals surface area contributed by atoms with E-state index in [0.717, 1.165) is 37.4 Å². The summed E-state index contributed by atoms with van der Waals surface area (Å²) in [6.45, 7) is 7.59. The minimum Gasteiger partial charge on any atom is -0.361 e. The highest BCUT2D eigenvalue weighted by atomic mass is 32.1. The van der Waals surface area contributed by atoms with Crippen LogP contribution in [0, 0.1) is 12.8 Å². The maximum atomic E-state index is 12.3. The van der Waals surface area contributed by atoms with Crippen LogP contribution < -0.4 is 10.2 Å². The van der Waals surface area contributed by atoms with Crippen molar-refractivity contribution in [2.45, 2.75) is 77.3 Å². The van der Waals surface area contributed by atoms with Gasteiger partial charge in [0.2, 0.25) is 5.91 Å². The van der Waals surface area contributed by atoms with Crippen molar-refractivity contribution < 1.29 is 9.32 Å². The Kier molecular flexibility index (Phi) is 6.78. The van der Waals surface area contributed by atoms with Crippen LogP contribution in [0.25, 0.3) is 0 Å². The summed E-state index contributed by atoms with van der Waals surface area (Å²) in [5.74, 6) is 1.47. The van der Waals surface area contributed by atoms with Crippen LogP contribution >= 0.6 is 11.3 Å². The Morgan fingerprint density at radius 3 is 2.78 bits per heavy atom. The topological polar surface area (TPSA) is 74.5 Å². The molecule has 0 radical (unpaired) electrons. The summed E-state index contributed by atoms with van der Waals surface area (Å²) in [7, 11) is 0.